The second kappa shape index (κ2) is 5.96. The molecule has 0 spiro atoms. The van der Waals surface area contributed by atoms with Gasteiger partial charge < -0.3 is 4.31 Å². The van der Waals surface area contributed by atoms with E-state index in [1.165, 1.54) is 16.0 Å². The van der Waals surface area contributed by atoms with E-state index in [1.807, 2.05) is 6.08 Å². The van der Waals surface area contributed by atoms with Crippen molar-refractivity contribution in [3.05, 3.63) is 66.4 Å². The van der Waals surface area contributed by atoms with Gasteiger partial charge in [-0.25, -0.2) is 0 Å². The Morgan fingerprint density at radius 3 is 2.67 bits per heavy atom. The van der Waals surface area contributed by atoms with Gasteiger partial charge in [0, 0.05) is 11.1 Å². The number of rotatable bonds is 4. The molecule has 0 N–H and O–H groups in total. The molecule has 0 aromatic heterocycles. The number of nitrogens with zero attached hydrogens (tertiary/aromatic N) is 1. The Balaban J connectivity index is 2.19. The lowest BCUT2D eigenvalue weighted by atomic mass is 10.0. The summed E-state index contributed by atoms with van der Waals surface area (Å²) in [6, 6.07) is 11.0. The molecule has 1 aromatic rings. The fourth-order valence-corrected chi connectivity index (χ4v) is 3.34. The van der Waals surface area contributed by atoms with Crippen molar-refractivity contribution in [3.63, 3.8) is 0 Å². The normalized spacial score (nSPS) is 21.2. The highest BCUT2D eigenvalue weighted by Crippen LogP contribution is 2.37. The van der Waals surface area contributed by atoms with Crippen LogP contribution in [-0.4, -0.2) is 10.3 Å². The van der Waals surface area contributed by atoms with Crippen molar-refractivity contribution in [1.29, 1.82) is 0 Å². The average molecular weight is 257 g/mol. The van der Waals surface area contributed by atoms with Gasteiger partial charge in [-0.1, -0.05) is 43.9 Å². The van der Waals surface area contributed by atoms with E-state index >= 15 is 0 Å². The number of allylic oxidation sites excluding steroid dienone is 2. The van der Waals surface area contributed by atoms with E-state index in [0.717, 1.165) is 6.42 Å². The third-order valence-electron chi connectivity index (χ3n) is 3.08. The van der Waals surface area contributed by atoms with Gasteiger partial charge in [-0.15, -0.1) is 0 Å². The molecular formula is C16H19NS. The van der Waals surface area contributed by atoms with Crippen molar-refractivity contribution >= 4 is 11.9 Å². The summed E-state index contributed by atoms with van der Waals surface area (Å²) in [6.45, 7) is 8.21. The van der Waals surface area contributed by atoms with Crippen LogP contribution in [0.2, 0.25) is 0 Å². The summed E-state index contributed by atoms with van der Waals surface area (Å²) >= 11 is 1.80. The SMILES string of the molecule is C=C/C=C1/C(C)=CN(Sc2ccccc2)C1CC. The lowest BCUT2D eigenvalue weighted by Crippen LogP contribution is -2.21. The first-order chi connectivity index (χ1) is 8.76. The summed E-state index contributed by atoms with van der Waals surface area (Å²) in [5.74, 6) is 0. The van der Waals surface area contributed by atoms with E-state index in [-0.39, 0.29) is 0 Å². The van der Waals surface area contributed by atoms with Crippen LogP contribution < -0.4 is 0 Å². The maximum atomic E-state index is 3.81. The van der Waals surface area contributed by atoms with Crippen LogP contribution in [0.25, 0.3) is 0 Å². The van der Waals surface area contributed by atoms with Gasteiger partial charge in [-0.3, -0.25) is 0 Å². The minimum atomic E-state index is 0.452. The zero-order chi connectivity index (χ0) is 13.0. The molecule has 0 radical (unpaired) electrons. The Morgan fingerprint density at radius 2 is 2.06 bits per heavy atom. The molecule has 2 heteroatoms. The maximum Gasteiger partial charge on any atom is 0.0653 e. The lowest BCUT2D eigenvalue weighted by Gasteiger charge is -2.24. The summed E-state index contributed by atoms with van der Waals surface area (Å²) in [5, 5.41) is 0. The van der Waals surface area contributed by atoms with Gasteiger partial charge >= 0.3 is 0 Å². The van der Waals surface area contributed by atoms with Crippen molar-refractivity contribution in [2.45, 2.75) is 31.2 Å². The Hall–Kier alpha value is -1.41. The standard InChI is InChI=1S/C16H19NS/c1-4-9-15-13(3)12-17(16(15)5-2)18-14-10-7-6-8-11-14/h4,6-12,16H,1,5H2,2-3H3/b15-9-. The van der Waals surface area contributed by atoms with E-state index in [2.05, 4.69) is 67.3 Å². The molecule has 1 heterocycles. The Labute approximate surface area is 114 Å². The van der Waals surface area contributed by atoms with Crippen LogP contribution in [0.15, 0.2) is 71.3 Å². The summed E-state index contributed by atoms with van der Waals surface area (Å²) in [7, 11) is 0. The Morgan fingerprint density at radius 1 is 1.33 bits per heavy atom. The van der Waals surface area contributed by atoms with Crippen LogP contribution in [0, 0.1) is 0 Å². The second-order valence-electron chi connectivity index (χ2n) is 4.36. The fourth-order valence-electron chi connectivity index (χ4n) is 2.22. The van der Waals surface area contributed by atoms with Crippen LogP contribution in [0.5, 0.6) is 0 Å². The van der Waals surface area contributed by atoms with E-state index in [1.54, 1.807) is 11.9 Å². The van der Waals surface area contributed by atoms with Crippen molar-refractivity contribution in [2.24, 2.45) is 0 Å². The number of hydrogen-bond donors (Lipinski definition) is 0. The minimum Gasteiger partial charge on any atom is -0.311 e. The highest BCUT2D eigenvalue weighted by Gasteiger charge is 2.26. The average Bonchev–Trinajstić information content (AvgIpc) is 2.67. The van der Waals surface area contributed by atoms with Crippen LogP contribution in [-0.2, 0) is 0 Å². The summed E-state index contributed by atoms with van der Waals surface area (Å²) < 4.78 is 2.35. The van der Waals surface area contributed by atoms with Gasteiger partial charge in [-0.2, -0.15) is 0 Å². The molecule has 0 saturated heterocycles. The molecule has 0 bridgehead atoms. The highest BCUT2D eigenvalue weighted by molar-refractivity contribution is 7.97. The summed E-state index contributed by atoms with van der Waals surface area (Å²) in [6.07, 6.45) is 7.35. The van der Waals surface area contributed by atoms with Crippen LogP contribution in [0.1, 0.15) is 20.3 Å². The largest absolute Gasteiger partial charge is 0.311 e. The molecule has 1 aliphatic heterocycles. The van der Waals surface area contributed by atoms with Crippen molar-refractivity contribution in [1.82, 2.24) is 4.31 Å². The van der Waals surface area contributed by atoms with E-state index in [9.17, 15) is 0 Å². The molecule has 1 unspecified atom stereocenters. The molecule has 1 nitrogen and oxygen atoms in total. The number of hydrogen-bond acceptors (Lipinski definition) is 2. The van der Waals surface area contributed by atoms with Crippen molar-refractivity contribution < 1.29 is 0 Å². The topological polar surface area (TPSA) is 3.24 Å². The first-order valence-electron chi connectivity index (χ1n) is 6.29. The zero-order valence-corrected chi connectivity index (χ0v) is 11.8. The summed E-state index contributed by atoms with van der Waals surface area (Å²) in [4.78, 5) is 1.28. The maximum absolute atomic E-state index is 3.81. The molecule has 0 aliphatic carbocycles. The smallest absolute Gasteiger partial charge is 0.0653 e. The third kappa shape index (κ3) is 2.70. The third-order valence-corrected chi connectivity index (χ3v) is 4.13. The molecular weight excluding hydrogens is 238 g/mol. The molecule has 0 saturated carbocycles. The molecule has 18 heavy (non-hydrogen) atoms. The van der Waals surface area contributed by atoms with Crippen LogP contribution in [0.3, 0.4) is 0 Å². The van der Waals surface area contributed by atoms with Crippen LogP contribution in [0.4, 0.5) is 0 Å². The monoisotopic (exact) mass is 257 g/mol. The first kappa shape index (κ1) is 13.0. The van der Waals surface area contributed by atoms with E-state index < -0.39 is 0 Å². The quantitative estimate of drug-likeness (QED) is 0.712. The predicted octanol–water partition coefficient (Wildman–Crippen LogP) is 4.80. The molecule has 1 aromatic carbocycles. The molecule has 2 rings (SSSR count). The molecule has 1 atom stereocenters. The van der Waals surface area contributed by atoms with Crippen LogP contribution >= 0.6 is 11.9 Å². The minimum absolute atomic E-state index is 0.452. The van der Waals surface area contributed by atoms with E-state index in [4.69, 9.17) is 0 Å². The highest BCUT2D eigenvalue weighted by atomic mass is 32.2. The van der Waals surface area contributed by atoms with Gasteiger partial charge in [-0.05, 0) is 48.6 Å². The molecule has 1 aliphatic rings. The molecule has 0 amide bonds. The van der Waals surface area contributed by atoms with E-state index in [0.29, 0.717) is 6.04 Å². The van der Waals surface area contributed by atoms with Gasteiger partial charge in [0.05, 0.1) is 6.04 Å². The lowest BCUT2D eigenvalue weighted by molar-refractivity contribution is 0.512. The van der Waals surface area contributed by atoms with Crippen molar-refractivity contribution in [2.75, 3.05) is 0 Å². The predicted molar refractivity (Wildman–Crippen MR) is 80.3 cm³/mol. The Bertz CT molecular complexity index is 473. The molecule has 94 valence electrons. The van der Waals surface area contributed by atoms with Crippen molar-refractivity contribution in [3.8, 4) is 0 Å². The van der Waals surface area contributed by atoms with Gasteiger partial charge in [0.2, 0.25) is 0 Å². The zero-order valence-electron chi connectivity index (χ0n) is 11.0. The molecule has 0 fully saturated rings. The second-order valence-corrected chi connectivity index (χ2v) is 5.43. The fraction of sp³-hybridized carbons (Fsp3) is 0.250. The number of benzene rings is 1. The van der Waals surface area contributed by atoms with Gasteiger partial charge in [0.1, 0.15) is 0 Å². The van der Waals surface area contributed by atoms with Gasteiger partial charge in [0.25, 0.3) is 0 Å². The Kier molecular flexibility index (Phi) is 4.32. The first-order valence-corrected chi connectivity index (χ1v) is 7.06. The summed E-state index contributed by atoms with van der Waals surface area (Å²) in [5.41, 5.74) is 2.72. The van der Waals surface area contributed by atoms with Gasteiger partial charge in [0.15, 0.2) is 0 Å².